The molecule has 0 unspecified atom stereocenters. The largest absolute Gasteiger partial charge is 0.493 e. The molecule has 0 atom stereocenters. The van der Waals surface area contributed by atoms with E-state index in [4.69, 9.17) is 9.47 Å². The van der Waals surface area contributed by atoms with E-state index in [1.807, 2.05) is 31.2 Å². The molecule has 0 radical (unpaired) electrons. The topological polar surface area (TPSA) is 68.3 Å². The van der Waals surface area contributed by atoms with Crippen LogP contribution >= 0.6 is 0 Å². The normalized spacial score (nSPS) is 10.3. The van der Waals surface area contributed by atoms with Crippen LogP contribution in [0.5, 0.6) is 11.5 Å². The van der Waals surface area contributed by atoms with Crippen molar-refractivity contribution in [2.75, 3.05) is 31.4 Å². The van der Waals surface area contributed by atoms with Gasteiger partial charge in [-0.2, -0.15) is 0 Å². The summed E-state index contributed by atoms with van der Waals surface area (Å²) in [6.07, 6.45) is 2.26. The minimum absolute atomic E-state index is 0.671. The fourth-order valence-electron chi connectivity index (χ4n) is 2.18. The predicted octanol–water partition coefficient (Wildman–Crippen LogP) is 3.76. The molecule has 0 fully saturated rings. The van der Waals surface area contributed by atoms with Gasteiger partial charge in [-0.3, -0.25) is 0 Å². The van der Waals surface area contributed by atoms with E-state index in [0.717, 1.165) is 42.5 Å². The van der Waals surface area contributed by atoms with Crippen LogP contribution in [0.15, 0.2) is 24.3 Å². The summed E-state index contributed by atoms with van der Waals surface area (Å²) in [5.74, 6) is 3.65. The molecular formula is C17H24N4O2. The Kier molecular flexibility index (Phi) is 6.02. The summed E-state index contributed by atoms with van der Waals surface area (Å²) in [7, 11) is 3.24. The molecule has 2 rings (SSSR count). The van der Waals surface area contributed by atoms with E-state index in [0.29, 0.717) is 11.5 Å². The van der Waals surface area contributed by atoms with E-state index in [9.17, 15) is 0 Å². The van der Waals surface area contributed by atoms with Crippen LogP contribution in [0.25, 0.3) is 0 Å². The Balaban J connectivity index is 2.16. The summed E-state index contributed by atoms with van der Waals surface area (Å²) in [6, 6.07) is 7.55. The molecule has 6 heteroatoms. The molecule has 0 aliphatic carbocycles. The van der Waals surface area contributed by atoms with E-state index < -0.39 is 0 Å². The van der Waals surface area contributed by atoms with Crippen LogP contribution in [-0.2, 0) is 0 Å². The van der Waals surface area contributed by atoms with Crippen molar-refractivity contribution in [3.63, 3.8) is 0 Å². The van der Waals surface area contributed by atoms with Crippen molar-refractivity contribution in [3.8, 4) is 11.5 Å². The Morgan fingerprint density at radius 3 is 2.43 bits per heavy atom. The SMILES string of the molecule is CCCCNc1cc(Nc2ccc(OC)c(OC)c2)nc(C)n1. The number of hydrogen-bond donors (Lipinski definition) is 2. The third-order valence-corrected chi connectivity index (χ3v) is 3.33. The summed E-state index contributed by atoms with van der Waals surface area (Å²) >= 11 is 0. The summed E-state index contributed by atoms with van der Waals surface area (Å²) in [6.45, 7) is 4.95. The Morgan fingerprint density at radius 1 is 1.00 bits per heavy atom. The van der Waals surface area contributed by atoms with Crippen LogP contribution in [0.3, 0.4) is 0 Å². The molecule has 2 aromatic rings. The van der Waals surface area contributed by atoms with Gasteiger partial charge in [0, 0.05) is 24.4 Å². The third-order valence-electron chi connectivity index (χ3n) is 3.33. The highest BCUT2D eigenvalue weighted by Gasteiger charge is 2.07. The van der Waals surface area contributed by atoms with E-state index in [1.165, 1.54) is 0 Å². The first kappa shape index (κ1) is 16.9. The van der Waals surface area contributed by atoms with Crippen molar-refractivity contribution in [1.29, 1.82) is 0 Å². The van der Waals surface area contributed by atoms with Gasteiger partial charge in [0.2, 0.25) is 0 Å². The van der Waals surface area contributed by atoms with Gasteiger partial charge in [0.05, 0.1) is 14.2 Å². The molecule has 0 aliphatic heterocycles. The molecule has 1 heterocycles. The fourth-order valence-corrected chi connectivity index (χ4v) is 2.18. The van der Waals surface area contributed by atoms with E-state index in [-0.39, 0.29) is 0 Å². The summed E-state index contributed by atoms with van der Waals surface area (Å²) in [5.41, 5.74) is 0.875. The highest BCUT2D eigenvalue weighted by atomic mass is 16.5. The van der Waals surface area contributed by atoms with Crippen molar-refractivity contribution in [2.45, 2.75) is 26.7 Å². The zero-order valence-corrected chi connectivity index (χ0v) is 14.1. The number of hydrogen-bond acceptors (Lipinski definition) is 6. The van der Waals surface area contributed by atoms with Crippen molar-refractivity contribution in [2.24, 2.45) is 0 Å². The Morgan fingerprint density at radius 2 is 1.74 bits per heavy atom. The maximum Gasteiger partial charge on any atom is 0.162 e. The second-order valence-electron chi connectivity index (χ2n) is 5.16. The molecule has 6 nitrogen and oxygen atoms in total. The summed E-state index contributed by atoms with van der Waals surface area (Å²) < 4.78 is 10.6. The number of benzene rings is 1. The standard InChI is InChI=1S/C17H24N4O2/c1-5-6-9-18-16-11-17(20-12(2)19-16)21-13-7-8-14(22-3)15(10-13)23-4/h7-8,10-11H,5-6,9H2,1-4H3,(H2,18,19,20,21). The molecule has 0 spiro atoms. The molecule has 2 N–H and O–H groups in total. The lowest BCUT2D eigenvalue weighted by atomic mass is 10.2. The monoisotopic (exact) mass is 316 g/mol. The van der Waals surface area contributed by atoms with Crippen LogP contribution in [0.2, 0.25) is 0 Å². The zero-order valence-electron chi connectivity index (χ0n) is 14.1. The molecule has 23 heavy (non-hydrogen) atoms. The lowest BCUT2D eigenvalue weighted by Crippen LogP contribution is -2.06. The zero-order chi connectivity index (χ0) is 16.7. The molecule has 0 aliphatic rings. The lowest BCUT2D eigenvalue weighted by Gasteiger charge is -2.12. The van der Waals surface area contributed by atoms with E-state index >= 15 is 0 Å². The minimum Gasteiger partial charge on any atom is -0.493 e. The van der Waals surface area contributed by atoms with Gasteiger partial charge in [0.15, 0.2) is 11.5 Å². The van der Waals surface area contributed by atoms with Gasteiger partial charge in [0.25, 0.3) is 0 Å². The second-order valence-corrected chi connectivity index (χ2v) is 5.16. The quantitative estimate of drug-likeness (QED) is 0.723. The van der Waals surface area contributed by atoms with Crippen molar-refractivity contribution in [1.82, 2.24) is 9.97 Å². The molecule has 0 bridgehead atoms. The van der Waals surface area contributed by atoms with Crippen molar-refractivity contribution in [3.05, 3.63) is 30.1 Å². The molecule has 1 aromatic heterocycles. The van der Waals surface area contributed by atoms with Crippen molar-refractivity contribution >= 4 is 17.3 Å². The van der Waals surface area contributed by atoms with E-state index in [1.54, 1.807) is 14.2 Å². The summed E-state index contributed by atoms with van der Waals surface area (Å²) in [4.78, 5) is 8.82. The van der Waals surface area contributed by atoms with Gasteiger partial charge in [-0.25, -0.2) is 9.97 Å². The minimum atomic E-state index is 0.671. The maximum atomic E-state index is 5.32. The highest BCUT2D eigenvalue weighted by molar-refractivity contribution is 5.63. The molecule has 124 valence electrons. The fraction of sp³-hybridized carbons (Fsp3) is 0.412. The third kappa shape index (κ3) is 4.74. The smallest absolute Gasteiger partial charge is 0.162 e. The number of aryl methyl sites for hydroxylation is 1. The molecular weight excluding hydrogens is 292 g/mol. The van der Waals surface area contributed by atoms with Crippen molar-refractivity contribution < 1.29 is 9.47 Å². The van der Waals surface area contributed by atoms with Gasteiger partial charge in [-0.05, 0) is 25.5 Å². The van der Waals surface area contributed by atoms with Crippen LogP contribution < -0.4 is 20.1 Å². The number of anilines is 3. The van der Waals surface area contributed by atoms with Crippen LogP contribution in [0.1, 0.15) is 25.6 Å². The van der Waals surface area contributed by atoms with Crippen LogP contribution in [-0.4, -0.2) is 30.7 Å². The van der Waals surface area contributed by atoms with E-state index in [2.05, 4.69) is 27.5 Å². The summed E-state index contributed by atoms with van der Waals surface area (Å²) in [5, 5.41) is 6.59. The lowest BCUT2D eigenvalue weighted by molar-refractivity contribution is 0.355. The number of ether oxygens (including phenoxy) is 2. The van der Waals surface area contributed by atoms with Crippen LogP contribution in [0.4, 0.5) is 17.3 Å². The average Bonchev–Trinajstić information content (AvgIpc) is 2.54. The Labute approximate surface area is 137 Å². The number of nitrogens with zero attached hydrogens (tertiary/aromatic N) is 2. The Hall–Kier alpha value is -2.50. The average molecular weight is 316 g/mol. The second kappa shape index (κ2) is 8.22. The molecule has 0 saturated heterocycles. The highest BCUT2D eigenvalue weighted by Crippen LogP contribution is 2.31. The predicted molar refractivity (Wildman–Crippen MR) is 93.0 cm³/mol. The number of rotatable bonds is 8. The molecule has 0 saturated carbocycles. The van der Waals surface area contributed by atoms with Crippen LogP contribution in [0, 0.1) is 6.92 Å². The number of aromatic nitrogens is 2. The van der Waals surface area contributed by atoms with Gasteiger partial charge in [-0.1, -0.05) is 13.3 Å². The van der Waals surface area contributed by atoms with Gasteiger partial charge >= 0.3 is 0 Å². The van der Waals surface area contributed by atoms with Gasteiger partial charge in [-0.15, -0.1) is 0 Å². The maximum absolute atomic E-state index is 5.32. The first-order valence-corrected chi connectivity index (χ1v) is 7.75. The molecule has 1 aromatic carbocycles. The number of nitrogens with one attached hydrogen (secondary N) is 2. The van der Waals surface area contributed by atoms with Gasteiger partial charge in [0.1, 0.15) is 17.5 Å². The first-order chi connectivity index (χ1) is 11.2. The number of unbranched alkanes of at least 4 members (excludes halogenated alkanes) is 1. The number of methoxy groups -OCH3 is 2. The Bertz CT molecular complexity index is 646. The first-order valence-electron chi connectivity index (χ1n) is 7.75. The molecule has 0 amide bonds. The van der Waals surface area contributed by atoms with Gasteiger partial charge < -0.3 is 20.1 Å².